The Kier molecular flexibility index (Phi) is 7.38. The first-order chi connectivity index (χ1) is 12.1. The van der Waals surface area contributed by atoms with E-state index in [2.05, 4.69) is 34.0 Å². The second kappa shape index (κ2) is 9.77. The molecule has 4 nitrogen and oxygen atoms in total. The molecular weight excluding hydrogens is 332 g/mol. The lowest BCUT2D eigenvalue weighted by Crippen LogP contribution is -2.20. The van der Waals surface area contributed by atoms with Gasteiger partial charge in [0.2, 0.25) is 0 Å². The van der Waals surface area contributed by atoms with E-state index in [9.17, 15) is 0 Å². The van der Waals surface area contributed by atoms with Crippen molar-refractivity contribution < 1.29 is 0 Å². The summed E-state index contributed by atoms with van der Waals surface area (Å²) < 4.78 is 0. The van der Waals surface area contributed by atoms with Crippen LogP contribution in [0.15, 0.2) is 71.5 Å². The van der Waals surface area contributed by atoms with Gasteiger partial charge in [-0.05, 0) is 53.6 Å². The summed E-state index contributed by atoms with van der Waals surface area (Å²) in [6.45, 7) is 4.17. The molecule has 0 saturated heterocycles. The molecule has 0 radical (unpaired) electrons. The lowest BCUT2D eigenvalue weighted by Gasteiger charge is -2.16. The molecule has 5 heteroatoms. The number of nitrogens with two attached hydrogens (primary N) is 1. The first-order valence-corrected chi connectivity index (χ1v) is 8.44. The maximum atomic E-state index is 6.24. The summed E-state index contributed by atoms with van der Waals surface area (Å²) in [6, 6.07) is 5.46. The Hall–Kier alpha value is -2.43. The van der Waals surface area contributed by atoms with Crippen LogP contribution in [0.4, 0.5) is 0 Å². The zero-order chi connectivity index (χ0) is 18.1. The molecular formula is C20H23ClN4. The molecule has 0 bridgehead atoms. The third-order valence-corrected chi connectivity index (χ3v) is 3.96. The van der Waals surface area contributed by atoms with Crippen molar-refractivity contribution in [3.8, 4) is 0 Å². The number of rotatable bonds is 7. The first kappa shape index (κ1) is 18.9. The molecule has 3 N–H and O–H groups in total. The van der Waals surface area contributed by atoms with Gasteiger partial charge in [0.25, 0.3) is 0 Å². The van der Waals surface area contributed by atoms with Crippen LogP contribution in [0.3, 0.4) is 0 Å². The number of halogens is 1. The minimum Gasteiger partial charge on any atom is -0.353 e. The average molecular weight is 355 g/mol. The Morgan fingerprint density at radius 1 is 1.48 bits per heavy atom. The van der Waals surface area contributed by atoms with Crippen LogP contribution in [0, 0.1) is 0 Å². The van der Waals surface area contributed by atoms with Gasteiger partial charge in [-0.1, -0.05) is 36.4 Å². The van der Waals surface area contributed by atoms with Gasteiger partial charge in [0.05, 0.1) is 6.34 Å². The fourth-order valence-corrected chi connectivity index (χ4v) is 2.58. The normalized spacial score (nSPS) is 15.4. The third-order valence-electron chi connectivity index (χ3n) is 3.72. The molecule has 0 aliphatic carbocycles. The van der Waals surface area contributed by atoms with E-state index >= 15 is 0 Å². The standard InChI is InChI=1S/C20H23ClN4/c1-15(20(22)9-11-24-14-23-2)19-13-17(21)8-7-16(19)12-18-6-4-3-5-10-25-18/h4-11,13-14,20H,1,3,12,22H2,2H3,(H,23,24)/b11-9+. The van der Waals surface area contributed by atoms with E-state index in [1.54, 1.807) is 19.6 Å². The number of allylic oxidation sites excluding steroid dienone is 3. The van der Waals surface area contributed by atoms with Crippen molar-refractivity contribution in [1.82, 2.24) is 5.32 Å². The zero-order valence-electron chi connectivity index (χ0n) is 14.3. The molecule has 1 aromatic rings. The van der Waals surface area contributed by atoms with E-state index in [4.69, 9.17) is 17.3 Å². The van der Waals surface area contributed by atoms with Gasteiger partial charge in [-0.2, -0.15) is 0 Å². The van der Waals surface area contributed by atoms with Crippen LogP contribution in [0.2, 0.25) is 5.02 Å². The summed E-state index contributed by atoms with van der Waals surface area (Å²) in [6.07, 6.45) is 14.8. The van der Waals surface area contributed by atoms with Crippen LogP contribution in [-0.4, -0.2) is 25.1 Å². The Balaban J connectivity index is 2.22. The summed E-state index contributed by atoms with van der Waals surface area (Å²) in [5, 5.41) is 3.57. The van der Waals surface area contributed by atoms with E-state index in [1.165, 1.54) is 0 Å². The van der Waals surface area contributed by atoms with Gasteiger partial charge in [0.15, 0.2) is 0 Å². The Bertz CT molecular complexity index is 757. The Morgan fingerprint density at radius 3 is 3.12 bits per heavy atom. The van der Waals surface area contributed by atoms with Gasteiger partial charge >= 0.3 is 0 Å². The summed E-state index contributed by atoms with van der Waals surface area (Å²) in [5.74, 6) is 0. The molecule has 1 unspecified atom stereocenters. The summed E-state index contributed by atoms with van der Waals surface area (Å²) in [7, 11) is 1.69. The molecule has 130 valence electrons. The molecule has 1 aromatic carbocycles. The van der Waals surface area contributed by atoms with E-state index in [1.807, 2.05) is 36.6 Å². The largest absolute Gasteiger partial charge is 0.353 e. The minimum atomic E-state index is -0.332. The second-order valence-electron chi connectivity index (χ2n) is 5.59. The predicted molar refractivity (Wildman–Crippen MR) is 109 cm³/mol. The molecule has 1 aliphatic rings. The monoisotopic (exact) mass is 354 g/mol. The maximum Gasteiger partial charge on any atom is 0.0859 e. The molecule has 0 saturated carbocycles. The van der Waals surface area contributed by atoms with Crippen LogP contribution >= 0.6 is 11.6 Å². The highest BCUT2D eigenvalue weighted by Gasteiger charge is 2.13. The lowest BCUT2D eigenvalue weighted by molar-refractivity contribution is 1.03. The molecule has 0 aromatic heterocycles. The van der Waals surface area contributed by atoms with E-state index < -0.39 is 0 Å². The highest BCUT2D eigenvalue weighted by Crippen LogP contribution is 2.25. The van der Waals surface area contributed by atoms with Gasteiger partial charge in [0.1, 0.15) is 0 Å². The van der Waals surface area contributed by atoms with Gasteiger partial charge in [-0.15, -0.1) is 0 Å². The van der Waals surface area contributed by atoms with Crippen molar-refractivity contribution in [2.75, 3.05) is 7.05 Å². The SMILES string of the molecule is C=C(c1cc(Cl)ccc1CC1=NC=CCC=C1)C(N)/C=C/NC=NC. The van der Waals surface area contributed by atoms with Crippen LogP contribution in [0.5, 0.6) is 0 Å². The summed E-state index contributed by atoms with van der Waals surface area (Å²) >= 11 is 6.19. The molecule has 0 spiro atoms. The molecule has 1 aliphatic heterocycles. The summed E-state index contributed by atoms with van der Waals surface area (Å²) in [5.41, 5.74) is 10.1. The van der Waals surface area contributed by atoms with Crippen LogP contribution in [0.1, 0.15) is 17.5 Å². The van der Waals surface area contributed by atoms with E-state index in [0.29, 0.717) is 11.4 Å². The maximum absolute atomic E-state index is 6.24. The average Bonchev–Trinajstić information content (AvgIpc) is 2.88. The van der Waals surface area contributed by atoms with Crippen molar-refractivity contribution in [1.29, 1.82) is 0 Å². The zero-order valence-corrected chi connectivity index (χ0v) is 15.1. The fourth-order valence-electron chi connectivity index (χ4n) is 2.41. The number of hydrogen-bond acceptors (Lipinski definition) is 3. The van der Waals surface area contributed by atoms with Gasteiger partial charge in [-0.3, -0.25) is 9.98 Å². The quantitative estimate of drug-likeness (QED) is 0.576. The molecule has 1 atom stereocenters. The topological polar surface area (TPSA) is 62.8 Å². The van der Waals surface area contributed by atoms with Crippen molar-refractivity contribution >= 4 is 29.2 Å². The van der Waals surface area contributed by atoms with Crippen LogP contribution in [-0.2, 0) is 6.42 Å². The predicted octanol–water partition coefficient (Wildman–Crippen LogP) is 3.90. The van der Waals surface area contributed by atoms with Crippen molar-refractivity contribution in [3.63, 3.8) is 0 Å². The van der Waals surface area contributed by atoms with Crippen molar-refractivity contribution in [2.24, 2.45) is 15.7 Å². The Morgan fingerprint density at radius 2 is 2.32 bits per heavy atom. The van der Waals surface area contributed by atoms with E-state index in [-0.39, 0.29) is 6.04 Å². The minimum absolute atomic E-state index is 0.332. The van der Waals surface area contributed by atoms with Gasteiger partial charge in [-0.25, -0.2) is 0 Å². The van der Waals surface area contributed by atoms with Gasteiger partial charge in [0, 0.05) is 36.4 Å². The molecule has 0 amide bonds. The molecule has 25 heavy (non-hydrogen) atoms. The summed E-state index contributed by atoms with van der Waals surface area (Å²) in [4.78, 5) is 8.31. The molecule has 2 rings (SSSR count). The fraction of sp³-hybridized carbons (Fsp3) is 0.200. The van der Waals surface area contributed by atoms with Gasteiger partial charge < -0.3 is 11.1 Å². The lowest BCUT2D eigenvalue weighted by atomic mass is 9.93. The molecule has 0 fully saturated rings. The second-order valence-corrected chi connectivity index (χ2v) is 6.02. The number of nitrogens with zero attached hydrogens (tertiary/aromatic N) is 2. The van der Waals surface area contributed by atoms with Crippen LogP contribution in [0.25, 0.3) is 5.57 Å². The number of nitrogens with one attached hydrogen (secondary N) is 1. The highest BCUT2D eigenvalue weighted by molar-refractivity contribution is 6.30. The number of benzene rings is 1. The van der Waals surface area contributed by atoms with Crippen molar-refractivity contribution in [3.05, 3.63) is 77.6 Å². The smallest absolute Gasteiger partial charge is 0.0859 e. The van der Waals surface area contributed by atoms with Crippen molar-refractivity contribution in [2.45, 2.75) is 18.9 Å². The Labute approximate surface area is 154 Å². The van der Waals surface area contributed by atoms with Crippen LogP contribution < -0.4 is 11.1 Å². The highest BCUT2D eigenvalue weighted by atomic mass is 35.5. The number of aliphatic imine (C=N–C) groups is 2. The number of hydrogen-bond donors (Lipinski definition) is 2. The third kappa shape index (κ3) is 5.85. The first-order valence-electron chi connectivity index (χ1n) is 8.06. The van der Waals surface area contributed by atoms with E-state index in [0.717, 1.165) is 28.8 Å². The molecule has 1 heterocycles.